The quantitative estimate of drug-likeness (QED) is 0.666. The lowest BCUT2D eigenvalue weighted by Gasteiger charge is -2.07. The Morgan fingerprint density at radius 2 is 2.54 bits per heavy atom. The molecule has 1 heterocycles. The van der Waals surface area contributed by atoms with E-state index in [1.54, 1.807) is 12.3 Å². The van der Waals surface area contributed by atoms with Gasteiger partial charge in [0.15, 0.2) is 0 Å². The van der Waals surface area contributed by atoms with Crippen LogP contribution in [0.1, 0.15) is 18.2 Å². The Kier molecular flexibility index (Phi) is 3.33. The van der Waals surface area contributed by atoms with E-state index in [4.69, 9.17) is 5.73 Å². The minimum atomic E-state index is -0.421. The van der Waals surface area contributed by atoms with Crippen molar-refractivity contribution in [3.05, 3.63) is 24.3 Å². The second-order valence-electron chi connectivity index (χ2n) is 2.52. The van der Waals surface area contributed by atoms with E-state index in [0.29, 0.717) is 5.69 Å². The molecule has 5 heteroatoms. The maximum Gasteiger partial charge on any atom is 0.307 e. The average molecular weight is 181 g/mol. The molecule has 70 valence electrons. The van der Waals surface area contributed by atoms with Crippen LogP contribution in [0, 0.1) is 0 Å². The number of nitrogens with two attached hydrogens (primary N) is 1. The molecule has 0 aliphatic rings. The van der Waals surface area contributed by atoms with E-state index in [1.807, 2.05) is 0 Å². The molecular formula is C8H11N3O2. The molecule has 0 bridgehead atoms. The first-order valence-electron chi connectivity index (χ1n) is 3.82. The van der Waals surface area contributed by atoms with Crippen molar-refractivity contribution >= 4 is 5.97 Å². The molecule has 1 aromatic heterocycles. The van der Waals surface area contributed by atoms with Crippen LogP contribution in [0.5, 0.6) is 0 Å². The predicted octanol–water partition coefficient (Wildman–Crippen LogP) is 0.0395. The minimum Gasteiger partial charge on any atom is -0.469 e. The minimum absolute atomic E-state index is 0.132. The van der Waals surface area contributed by atoms with Crippen molar-refractivity contribution in [2.24, 2.45) is 5.73 Å². The molecule has 0 aromatic carbocycles. The lowest BCUT2D eigenvalue weighted by molar-refractivity contribution is -0.141. The molecular weight excluding hydrogens is 170 g/mol. The van der Waals surface area contributed by atoms with E-state index in [9.17, 15) is 4.79 Å². The Hall–Kier alpha value is -1.49. The van der Waals surface area contributed by atoms with E-state index in [-0.39, 0.29) is 12.4 Å². The van der Waals surface area contributed by atoms with Crippen molar-refractivity contribution in [1.82, 2.24) is 9.97 Å². The van der Waals surface area contributed by atoms with Crippen molar-refractivity contribution in [2.75, 3.05) is 7.11 Å². The molecule has 0 radical (unpaired) electrons. The zero-order valence-corrected chi connectivity index (χ0v) is 7.30. The van der Waals surface area contributed by atoms with Crippen LogP contribution in [0.15, 0.2) is 18.6 Å². The van der Waals surface area contributed by atoms with Gasteiger partial charge in [0.1, 0.15) is 6.33 Å². The molecule has 0 aliphatic heterocycles. The third kappa shape index (κ3) is 2.79. The topological polar surface area (TPSA) is 78.1 Å². The summed E-state index contributed by atoms with van der Waals surface area (Å²) in [5.41, 5.74) is 6.32. The molecule has 2 N–H and O–H groups in total. The lowest BCUT2D eigenvalue weighted by atomic mass is 10.1. The van der Waals surface area contributed by atoms with Gasteiger partial charge in [-0.3, -0.25) is 4.79 Å². The summed E-state index contributed by atoms with van der Waals surface area (Å²) in [5.74, 6) is -0.342. The highest BCUT2D eigenvalue weighted by atomic mass is 16.5. The summed E-state index contributed by atoms with van der Waals surface area (Å²) in [6, 6.07) is 1.25. The number of hydrogen-bond acceptors (Lipinski definition) is 5. The molecule has 0 aliphatic carbocycles. The van der Waals surface area contributed by atoms with Crippen LogP contribution in [-0.2, 0) is 9.53 Å². The first-order chi connectivity index (χ1) is 6.24. The highest BCUT2D eigenvalue weighted by molar-refractivity contribution is 5.70. The number of esters is 1. The molecule has 0 spiro atoms. The summed E-state index contributed by atoms with van der Waals surface area (Å²) in [7, 11) is 1.33. The second kappa shape index (κ2) is 4.51. The molecule has 0 fully saturated rings. The van der Waals surface area contributed by atoms with Gasteiger partial charge in [-0.25, -0.2) is 9.97 Å². The number of rotatable bonds is 3. The van der Waals surface area contributed by atoms with Gasteiger partial charge >= 0.3 is 5.97 Å². The van der Waals surface area contributed by atoms with Crippen LogP contribution in [0.25, 0.3) is 0 Å². The molecule has 0 amide bonds. The van der Waals surface area contributed by atoms with Gasteiger partial charge in [-0.05, 0) is 6.07 Å². The van der Waals surface area contributed by atoms with Crippen LogP contribution in [0.3, 0.4) is 0 Å². The van der Waals surface area contributed by atoms with Gasteiger partial charge in [0, 0.05) is 6.20 Å². The van der Waals surface area contributed by atoms with Gasteiger partial charge in [0.2, 0.25) is 0 Å². The monoisotopic (exact) mass is 181 g/mol. The van der Waals surface area contributed by atoms with E-state index in [2.05, 4.69) is 14.7 Å². The Bertz CT molecular complexity index is 276. The van der Waals surface area contributed by atoms with Crippen LogP contribution in [0.2, 0.25) is 0 Å². The second-order valence-corrected chi connectivity index (χ2v) is 2.52. The molecule has 1 atom stereocenters. The molecule has 13 heavy (non-hydrogen) atoms. The van der Waals surface area contributed by atoms with Gasteiger partial charge < -0.3 is 10.5 Å². The maximum absolute atomic E-state index is 10.8. The number of methoxy groups -OCH3 is 1. The Morgan fingerprint density at radius 1 is 1.77 bits per heavy atom. The Morgan fingerprint density at radius 3 is 3.08 bits per heavy atom. The third-order valence-electron chi connectivity index (χ3n) is 1.60. The number of carbonyl (C=O) groups excluding carboxylic acids is 1. The lowest BCUT2D eigenvalue weighted by Crippen LogP contribution is -2.17. The number of ether oxygens (including phenoxy) is 1. The zero-order valence-electron chi connectivity index (χ0n) is 7.30. The van der Waals surface area contributed by atoms with E-state index < -0.39 is 6.04 Å². The van der Waals surface area contributed by atoms with Gasteiger partial charge in [-0.1, -0.05) is 0 Å². The summed E-state index contributed by atoms with van der Waals surface area (Å²) in [4.78, 5) is 18.5. The van der Waals surface area contributed by atoms with Crippen LogP contribution < -0.4 is 5.73 Å². The summed E-state index contributed by atoms with van der Waals surface area (Å²) >= 11 is 0. The highest BCUT2D eigenvalue weighted by Crippen LogP contribution is 2.09. The normalized spacial score (nSPS) is 12.2. The smallest absolute Gasteiger partial charge is 0.307 e. The third-order valence-corrected chi connectivity index (χ3v) is 1.60. The fraction of sp³-hybridized carbons (Fsp3) is 0.375. The summed E-state index contributed by atoms with van der Waals surface area (Å²) < 4.78 is 4.48. The Balaban J connectivity index is 2.59. The number of aromatic nitrogens is 2. The van der Waals surface area contributed by atoms with Gasteiger partial charge in [0.05, 0.1) is 25.3 Å². The molecule has 1 rings (SSSR count). The fourth-order valence-corrected chi connectivity index (χ4v) is 0.888. The maximum atomic E-state index is 10.8. The SMILES string of the molecule is COC(=O)C[C@H](N)c1ccncn1. The fourth-order valence-electron chi connectivity index (χ4n) is 0.888. The molecule has 0 saturated heterocycles. The first kappa shape index (κ1) is 9.60. The molecule has 1 aromatic rings. The standard InChI is InChI=1S/C8H11N3O2/c1-13-8(12)4-6(9)7-2-3-10-5-11-7/h2-3,5-6H,4,9H2,1H3/t6-/m0/s1. The van der Waals surface area contributed by atoms with Gasteiger partial charge in [-0.15, -0.1) is 0 Å². The largest absolute Gasteiger partial charge is 0.469 e. The highest BCUT2D eigenvalue weighted by Gasteiger charge is 2.12. The molecule has 0 unspecified atom stereocenters. The molecule has 0 saturated carbocycles. The Labute approximate surface area is 75.9 Å². The number of hydrogen-bond donors (Lipinski definition) is 1. The van der Waals surface area contributed by atoms with E-state index in [0.717, 1.165) is 0 Å². The average Bonchev–Trinajstić information content (AvgIpc) is 2.19. The molecule has 5 nitrogen and oxygen atoms in total. The summed E-state index contributed by atoms with van der Waals surface area (Å²) in [6.45, 7) is 0. The van der Waals surface area contributed by atoms with Gasteiger partial charge in [-0.2, -0.15) is 0 Å². The van der Waals surface area contributed by atoms with Crippen LogP contribution in [-0.4, -0.2) is 23.0 Å². The van der Waals surface area contributed by atoms with Gasteiger partial charge in [0.25, 0.3) is 0 Å². The number of nitrogens with zero attached hydrogens (tertiary/aromatic N) is 2. The van der Waals surface area contributed by atoms with Crippen molar-refractivity contribution in [2.45, 2.75) is 12.5 Å². The summed E-state index contributed by atoms with van der Waals surface area (Å²) in [5, 5.41) is 0. The van der Waals surface area contributed by atoms with Crippen molar-refractivity contribution in [3.63, 3.8) is 0 Å². The van der Waals surface area contributed by atoms with E-state index >= 15 is 0 Å². The van der Waals surface area contributed by atoms with Crippen molar-refractivity contribution < 1.29 is 9.53 Å². The van der Waals surface area contributed by atoms with Crippen molar-refractivity contribution in [1.29, 1.82) is 0 Å². The zero-order chi connectivity index (χ0) is 9.68. The number of carbonyl (C=O) groups is 1. The van der Waals surface area contributed by atoms with Crippen LogP contribution in [0.4, 0.5) is 0 Å². The van der Waals surface area contributed by atoms with E-state index in [1.165, 1.54) is 13.4 Å². The van der Waals surface area contributed by atoms with Crippen LogP contribution >= 0.6 is 0 Å². The van der Waals surface area contributed by atoms with Crippen molar-refractivity contribution in [3.8, 4) is 0 Å². The predicted molar refractivity (Wildman–Crippen MR) is 45.6 cm³/mol. The first-order valence-corrected chi connectivity index (χ1v) is 3.82. The summed E-state index contributed by atoms with van der Waals surface area (Å²) in [6.07, 6.45) is 3.11.